The van der Waals surface area contributed by atoms with Gasteiger partial charge in [-0.25, -0.2) is 0 Å². The van der Waals surface area contributed by atoms with Gasteiger partial charge in [-0.1, -0.05) is 31.5 Å². The van der Waals surface area contributed by atoms with Gasteiger partial charge in [0.15, 0.2) is 0 Å². The Hall–Kier alpha value is -1.32. The fourth-order valence-corrected chi connectivity index (χ4v) is 2.41. The molecule has 3 nitrogen and oxygen atoms in total. The Morgan fingerprint density at radius 1 is 1.24 bits per heavy atom. The number of nitrogens with one attached hydrogen (secondary N) is 1. The number of rotatable bonds is 5. The lowest BCUT2D eigenvalue weighted by molar-refractivity contribution is 0.529. The maximum absolute atomic E-state index is 6.30. The summed E-state index contributed by atoms with van der Waals surface area (Å²) in [6, 6.07) is 7.00. The molecule has 21 heavy (non-hydrogen) atoms. The molecule has 0 fully saturated rings. The van der Waals surface area contributed by atoms with Gasteiger partial charge >= 0.3 is 0 Å². The number of halogens is 1. The van der Waals surface area contributed by atoms with Gasteiger partial charge in [0, 0.05) is 35.4 Å². The number of hydrogen-bond donors (Lipinski definition) is 1. The normalized spacial score (nSPS) is 11.6. The van der Waals surface area contributed by atoms with Crippen LogP contribution in [0, 0.1) is 6.92 Å². The van der Waals surface area contributed by atoms with Crippen molar-refractivity contribution in [3.63, 3.8) is 0 Å². The highest BCUT2D eigenvalue weighted by Gasteiger charge is 2.11. The lowest BCUT2D eigenvalue weighted by Crippen LogP contribution is -2.21. The fourth-order valence-electron chi connectivity index (χ4n) is 2.22. The number of nitrogens with zero attached hydrogens (tertiary/aromatic N) is 2. The van der Waals surface area contributed by atoms with Gasteiger partial charge in [0.05, 0.1) is 5.69 Å². The molecule has 0 spiro atoms. The topological polar surface area (TPSA) is 29.9 Å². The Kier molecular flexibility index (Phi) is 5.07. The van der Waals surface area contributed by atoms with Gasteiger partial charge in [-0.05, 0) is 44.0 Å². The number of aromatic nitrogens is 2. The number of aryl methyl sites for hydroxylation is 1. The summed E-state index contributed by atoms with van der Waals surface area (Å²) in [7, 11) is 0. The molecular weight excluding hydrogens is 282 g/mol. The first-order chi connectivity index (χ1) is 9.88. The van der Waals surface area contributed by atoms with Gasteiger partial charge < -0.3 is 5.32 Å². The standard InChI is InChI=1S/C17H24ClN3/c1-11(2)19-9-15-8-14(6-7-17(15)18)16-10-21(12(3)4)20-13(16)5/h6-8,10-12,19H,9H2,1-5H3. The average Bonchev–Trinajstić information content (AvgIpc) is 2.80. The van der Waals surface area contributed by atoms with E-state index in [4.69, 9.17) is 11.6 Å². The summed E-state index contributed by atoms with van der Waals surface area (Å²) in [4.78, 5) is 0. The van der Waals surface area contributed by atoms with Crippen LogP contribution in [-0.2, 0) is 6.54 Å². The highest BCUT2D eigenvalue weighted by Crippen LogP contribution is 2.28. The van der Waals surface area contributed by atoms with E-state index in [2.05, 4.69) is 63.4 Å². The number of hydrogen-bond acceptors (Lipinski definition) is 2. The Balaban J connectivity index is 2.34. The van der Waals surface area contributed by atoms with Gasteiger partial charge in [-0.3, -0.25) is 4.68 Å². The van der Waals surface area contributed by atoms with Crippen molar-refractivity contribution in [2.75, 3.05) is 0 Å². The molecule has 0 saturated heterocycles. The molecule has 0 amide bonds. The molecule has 0 aliphatic heterocycles. The molecule has 1 aromatic heterocycles. The van der Waals surface area contributed by atoms with E-state index in [9.17, 15) is 0 Å². The third kappa shape index (κ3) is 3.86. The van der Waals surface area contributed by atoms with Crippen LogP contribution < -0.4 is 5.32 Å². The minimum absolute atomic E-state index is 0.367. The molecule has 1 aromatic carbocycles. The Morgan fingerprint density at radius 2 is 1.95 bits per heavy atom. The summed E-state index contributed by atoms with van der Waals surface area (Å²) in [5, 5.41) is 8.80. The molecule has 0 radical (unpaired) electrons. The van der Waals surface area contributed by atoms with Crippen molar-refractivity contribution in [1.29, 1.82) is 0 Å². The highest BCUT2D eigenvalue weighted by molar-refractivity contribution is 6.31. The molecule has 2 rings (SSSR count). The van der Waals surface area contributed by atoms with Gasteiger partial charge in [0.25, 0.3) is 0 Å². The number of benzene rings is 1. The molecule has 2 aromatic rings. The largest absolute Gasteiger partial charge is 0.310 e. The van der Waals surface area contributed by atoms with E-state index in [0.717, 1.165) is 22.8 Å². The minimum Gasteiger partial charge on any atom is -0.310 e. The highest BCUT2D eigenvalue weighted by atomic mass is 35.5. The van der Waals surface area contributed by atoms with E-state index < -0.39 is 0 Å². The zero-order valence-corrected chi connectivity index (χ0v) is 14.2. The Morgan fingerprint density at radius 3 is 2.52 bits per heavy atom. The monoisotopic (exact) mass is 305 g/mol. The molecule has 0 atom stereocenters. The molecule has 4 heteroatoms. The SMILES string of the molecule is Cc1nn(C(C)C)cc1-c1ccc(Cl)c(CNC(C)C)c1. The van der Waals surface area contributed by atoms with Crippen LogP contribution in [-0.4, -0.2) is 15.8 Å². The Labute approximate surface area is 132 Å². The minimum atomic E-state index is 0.367. The van der Waals surface area contributed by atoms with E-state index >= 15 is 0 Å². The third-order valence-corrected chi connectivity index (χ3v) is 3.87. The second-order valence-electron chi connectivity index (χ2n) is 6.04. The summed E-state index contributed by atoms with van der Waals surface area (Å²) < 4.78 is 2.01. The smallest absolute Gasteiger partial charge is 0.0672 e. The third-order valence-electron chi connectivity index (χ3n) is 3.50. The van der Waals surface area contributed by atoms with E-state index in [1.165, 1.54) is 11.1 Å². The van der Waals surface area contributed by atoms with Crippen LogP contribution in [0.5, 0.6) is 0 Å². The van der Waals surface area contributed by atoms with Crippen LogP contribution >= 0.6 is 11.6 Å². The van der Waals surface area contributed by atoms with E-state index in [1.807, 2.05) is 10.7 Å². The second-order valence-corrected chi connectivity index (χ2v) is 6.45. The van der Waals surface area contributed by atoms with E-state index in [1.54, 1.807) is 0 Å². The van der Waals surface area contributed by atoms with Gasteiger partial charge in [-0.2, -0.15) is 5.10 Å². The summed E-state index contributed by atoms with van der Waals surface area (Å²) >= 11 is 6.30. The molecule has 0 aliphatic carbocycles. The fraction of sp³-hybridized carbons (Fsp3) is 0.471. The van der Waals surface area contributed by atoms with Crippen LogP contribution in [0.25, 0.3) is 11.1 Å². The maximum atomic E-state index is 6.30. The van der Waals surface area contributed by atoms with Crippen molar-refractivity contribution in [3.05, 3.63) is 40.7 Å². The van der Waals surface area contributed by atoms with E-state index in [0.29, 0.717) is 12.1 Å². The first kappa shape index (κ1) is 16.1. The van der Waals surface area contributed by atoms with Crippen molar-refractivity contribution in [3.8, 4) is 11.1 Å². The van der Waals surface area contributed by atoms with E-state index in [-0.39, 0.29) is 0 Å². The lowest BCUT2D eigenvalue weighted by atomic mass is 10.0. The van der Waals surface area contributed by atoms with Gasteiger partial charge in [0.1, 0.15) is 0 Å². The molecule has 1 heterocycles. The van der Waals surface area contributed by atoms with Crippen LogP contribution in [0.15, 0.2) is 24.4 Å². The maximum Gasteiger partial charge on any atom is 0.0672 e. The second kappa shape index (κ2) is 6.63. The summed E-state index contributed by atoms with van der Waals surface area (Å²) in [5.74, 6) is 0. The van der Waals surface area contributed by atoms with Crippen molar-refractivity contribution in [2.45, 2.75) is 53.2 Å². The summed E-state index contributed by atoms with van der Waals surface area (Å²) in [5.41, 5.74) is 4.52. The Bertz CT molecular complexity index is 614. The zero-order chi connectivity index (χ0) is 15.6. The quantitative estimate of drug-likeness (QED) is 0.875. The lowest BCUT2D eigenvalue weighted by Gasteiger charge is -2.11. The predicted octanol–water partition coefficient (Wildman–Crippen LogP) is 4.59. The van der Waals surface area contributed by atoms with Crippen molar-refractivity contribution >= 4 is 11.6 Å². The van der Waals surface area contributed by atoms with Crippen LogP contribution in [0.2, 0.25) is 5.02 Å². The average molecular weight is 306 g/mol. The van der Waals surface area contributed by atoms with Crippen molar-refractivity contribution < 1.29 is 0 Å². The zero-order valence-electron chi connectivity index (χ0n) is 13.4. The molecular formula is C17H24ClN3. The first-order valence-electron chi connectivity index (χ1n) is 7.46. The summed E-state index contributed by atoms with van der Waals surface area (Å²) in [6.45, 7) is 11.4. The molecule has 0 unspecified atom stereocenters. The van der Waals surface area contributed by atoms with Crippen LogP contribution in [0.4, 0.5) is 0 Å². The van der Waals surface area contributed by atoms with Crippen LogP contribution in [0.1, 0.15) is 45.0 Å². The molecule has 114 valence electrons. The van der Waals surface area contributed by atoms with Crippen molar-refractivity contribution in [2.24, 2.45) is 0 Å². The van der Waals surface area contributed by atoms with Gasteiger partial charge in [0.2, 0.25) is 0 Å². The van der Waals surface area contributed by atoms with Crippen molar-refractivity contribution in [1.82, 2.24) is 15.1 Å². The molecule has 0 aliphatic rings. The van der Waals surface area contributed by atoms with Crippen LogP contribution in [0.3, 0.4) is 0 Å². The molecule has 0 saturated carbocycles. The summed E-state index contributed by atoms with van der Waals surface area (Å²) in [6.07, 6.45) is 2.11. The molecule has 0 bridgehead atoms. The molecule has 1 N–H and O–H groups in total. The predicted molar refractivity (Wildman–Crippen MR) is 89.8 cm³/mol. The first-order valence-corrected chi connectivity index (χ1v) is 7.84. The van der Waals surface area contributed by atoms with Gasteiger partial charge in [-0.15, -0.1) is 0 Å².